The summed E-state index contributed by atoms with van der Waals surface area (Å²) in [5.74, 6) is 0.260. The molecule has 0 aliphatic carbocycles. The molecule has 1 N–H and O–H groups in total. The summed E-state index contributed by atoms with van der Waals surface area (Å²) in [4.78, 5) is 13.0. The number of anilines is 1. The zero-order valence-electron chi connectivity index (χ0n) is 13.6. The lowest BCUT2D eigenvalue weighted by Gasteiger charge is -2.27. The highest BCUT2D eigenvalue weighted by atomic mass is 19.1. The number of ether oxygens (including phenoxy) is 1. The Morgan fingerprint density at radius 2 is 1.56 bits per heavy atom. The Balaban J connectivity index is 1.73. The molecule has 4 heteroatoms. The standard InChI is InChI=1S/C21H16FNO2/c1-13-10-11-14(12-17(13)22)23-21(24)20-15-6-2-4-8-18(15)25-19-9-5-3-7-16(19)20/h2-12,20H,1H3,(H,23,24). The summed E-state index contributed by atoms with van der Waals surface area (Å²) in [5.41, 5.74) is 2.58. The Labute approximate surface area is 145 Å². The summed E-state index contributed by atoms with van der Waals surface area (Å²) in [6, 6.07) is 19.6. The first-order valence-corrected chi connectivity index (χ1v) is 8.06. The van der Waals surface area contributed by atoms with E-state index in [0.29, 0.717) is 22.7 Å². The van der Waals surface area contributed by atoms with Gasteiger partial charge < -0.3 is 10.1 Å². The number of rotatable bonds is 2. The smallest absolute Gasteiger partial charge is 0.236 e. The van der Waals surface area contributed by atoms with E-state index in [0.717, 1.165) is 11.1 Å². The van der Waals surface area contributed by atoms with E-state index in [2.05, 4.69) is 5.32 Å². The van der Waals surface area contributed by atoms with E-state index in [1.54, 1.807) is 19.1 Å². The first-order valence-electron chi connectivity index (χ1n) is 8.06. The van der Waals surface area contributed by atoms with Gasteiger partial charge in [0, 0.05) is 16.8 Å². The molecular formula is C21H16FNO2. The third-order valence-corrected chi connectivity index (χ3v) is 4.38. The van der Waals surface area contributed by atoms with Crippen LogP contribution >= 0.6 is 0 Å². The first-order chi connectivity index (χ1) is 12.1. The lowest BCUT2D eigenvalue weighted by molar-refractivity contribution is -0.116. The minimum Gasteiger partial charge on any atom is -0.457 e. The molecule has 4 rings (SSSR count). The van der Waals surface area contributed by atoms with E-state index >= 15 is 0 Å². The Hall–Kier alpha value is -3.14. The van der Waals surface area contributed by atoms with Gasteiger partial charge in [-0.1, -0.05) is 42.5 Å². The molecule has 3 aromatic carbocycles. The molecule has 0 bridgehead atoms. The average Bonchev–Trinajstić information content (AvgIpc) is 2.62. The Kier molecular flexibility index (Phi) is 3.73. The first kappa shape index (κ1) is 15.4. The number of nitrogens with one attached hydrogen (secondary N) is 1. The number of carbonyl (C=O) groups is 1. The van der Waals surface area contributed by atoms with Gasteiger partial charge in [0.2, 0.25) is 5.91 Å². The van der Waals surface area contributed by atoms with Gasteiger partial charge in [0.15, 0.2) is 0 Å². The number of aryl methyl sites for hydroxylation is 1. The van der Waals surface area contributed by atoms with Crippen LogP contribution in [0, 0.1) is 12.7 Å². The van der Waals surface area contributed by atoms with E-state index in [-0.39, 0.29) is 11.7 Å². The van der Waals surface area contributed by atoms with Gasteiger partial charge in [-0.2, -0.15) is 0 Å². The molecule has 1 aliphatic rings. The monoisotopic (exact) mass is 333 g/mol. The van der Waals surface area contributed by atoms with Crippen LogP contribution in [-0.4, -0.2) is 5.91 Å². The lowest BCUT2D eigenvalue weighted by atomic mass is 9.87. The van der Waals surface area contributed by atoms with E-state index in [1.165, 1.54) is 6.07 Å². The molecule has 25 heavy (non-hydrogen) atoms. The molecule has 3 nitrogen and oxygen atoms in total. The second-order valence-corrected chi connectivity index (χ2v) is 6.06. The fourth-order valence-electron chi connectivity index (χ4n) is 3.08. The van der Waals surface area contributed by atoms with Crippen molar-refractivity contribution >= 4 is 11.6 Å². The molecule has 124 valence electrons. The average molecular weight is 333 g/mol. The van der Waals surface area contributed by atoms with Crippen LogP contribution in [0.25, 0.3) is 0 Å². The van der Waals surface area contributed by atoms with Gasteiger partial charge in [-0.15, -0.1) is 0 Å². The number of hydrogen-bond donors (Lipinski definition) is 1. The van der Waals surface area contributed by atoms with Crippen LogP contribution in [-0.2, 0) is 4.79 Å². The van der Waals surface area contributed by atoms with Crippen molar-refractivity contribution in [1.29, 1.82) is 0 Å². The van der Waals surface area contributed by atoms with Crippen LogP contribution in [0.3, 0.4) is 0 Å². The summed E-state index contributed by atoms with van der Waals surface area (Å²) in [6.07, 6.45) is 0. The van der Waals surface area contributed by atoms with E-state index in [4.69, 9.17) is 4.74 Å². The molecule has 1 heterocycles. The molecule has 1 amide bonds. The van der Waals surface area contributed by atoms with Gasteiger partial charge in [0.1, 0.15) is 17.3 Å². The highest BCUT2D eigenvalue weighted by Crippen LogP contribution is 2.44. The molecule has 0 saturated heterocycles. The maximum absolute atomic E-state index is 13.8. The second-order valence-electron chi connectivity index (χ2n) is 6.06. The number of fused-ring (bicyclic) bond motifs is 2. The maximum atomic E-state index is 13.8. The predicted molar refractivity (Wildman–Crippen MR) is 94.6 cm³/mol. The Morgan fingerprint density at radius 3 is 2.16 bits per heavy atom. The van der Waals surface area contributed by atoms with Crippen molar-refractivity contribution in [2.24, 2.45) is 0 Å². The number of halogens is 1. The van der Waals surface area contributed by atoms with Crippen LogP contribution in [0.5, 0.6) is 11.5 Å². The highest BCUT2D eigenvalue weighted by Gasteiger charge is 2.32. The quantitative estimate of drug-likeness (QED) is 0.716. The minimum atomic E-state index is -0.509. The highest BCUT2D eigenvalue weighted by molar-refractivity contribution is 5.99. The number of amides is 1. The van der Waals surface area contributed by atoms with Crippen LogP contribution < -0.4 is 10.1 Å². The molecule has 3 aromatic rings. The zero-order chi connectivity index (χ0) is 17.4. The summed E-state index contributed by atoms with van der Waals surface area (Å²) >= 11 is 0. The molecule has 1 aliphatic heterocycles. The second kappa shape index (κ2) is 6.06. The molecular weight excluding hydrogens is 317 g/mol. The Morgan fingerprint density at radius 1 is 0.960 bits per heavy atom. The number of benzene rings is 3. The topological polar surface area (TPSA) is 38.3 Å². The molecule has 0 unspecified atom stereocenters. The van der Waals surface area contributed by atoms with Gasteiger partial charge in [0.05, 0.1) is 5.92 Å². The molecule has 0 radical (unpaired) electrons. The van der Waals surface area contributed by atoms with Gasteiger partial charge in [-0.25, -0.2) is 4.39 Å². The van der Waals surface area contributed by atoms with Crippen molar-refractivity contribution in [1.82, 2.24) is 0 Å². The van der Waals surface area contributed by atoms with E-state index in [9.17, 15) is 9.18 Å². The van der Waals surface area contributed by atoms with Crippen LogP contribution in [0.15, 0.2) is 66.7 Å². The van der Waals surface area contributed by atoms with Crippen molar-refractivity contribution in [2.75, 3.05) is 5.32 Å². The molecule has 0 spiro atoms. The third-order valence-electron chi connectivity index (χ3n) is 4.38. The fraction of sp³-hybridized carbons (Fsp3) is 0.0952. The van der Waals surface area contributed by atoms with Crippen molar-refractivity contribution in [3.05, 3.63) is 89.2 Å². The number of hydrogen-bond acceptors (Lipinski definition) is 2. The molecule has 0 fully saturated rings. The number of para-hydroxylation sites is 2. The zero-order valence-corrected chi connectivity index (χ0v) is 13.6. The van der Waals surface area contributed by atoms with Gasteiger partial charge >= 0.3 is 0 Å². The third kappa shape index (κ3) is 2.76. The molecule has 0 saturated carbocycles. The Bertz CT molecular complexity index is 922. The largest absolute Gasteiger partial charge is 0.457 e. The SMILES string of the molecule is Cc1ccc(NC(=O)C2c3ccccc3Oc3ccccc32)cc1F. The van der Waals surface area contributed by atoms with Crippen LogP contribution in [0.1, 0.15) is 22.6 Å². The lowest BCUT2D eigenvalue weighted by Crippen LogP contribution is -2.25. The van der Waals surface area contributed by atoms with Crippen molar-refractivity contribution in [3.63, 3.8) is 0 Å². The molecule has 0 atom stereocenters. The van der Waals surface area contributed by atoms with E-state index < -0.39 is 5.92 Å². The van der Waals surface area contributed by atoms with Gasteiger partial charge in [0.25, 0.3) is 0 Å². The van der Waals surface area contributed by atoms with Gasteiger partial charge in [-0.05, 0) is 36.8 Å². The summed E-state index contributed by atoms with van der Waals surface area (Å²) in [5, 5.41) is 2.83. The van der Waals surface area contributed by atoms with Crippen molar-refractivity contribution in [3.8, 4) is 11.5 Å². The minimum absolute atomic E-state index is 0.216. The van der Waals surface area contributed by atoms with Gasteiger partial charge in [-0.3, -0.25) is 4.79 Å². The van der Waals surface area contributed by atoms with Crippen LogP contribution in [0.2, 0.25) is 0 Å². The van der Waals surface area contributed by atoms with Crippen LogP contribution in [0.4, 0.5) is 10.1 Å². The summed E-state index contributed by atoms with van der Waals surface area (Å²) in [7, 11) is 0. The molecule has 0 aromatic heterocycles. The maximum Gasteiger partial charge on any atom is 0.236 e. The normalized spacial score (nSPS) is 12.7. The summed E-state index contributed by atoms with van der Waals surface area (Å²) < 4.78 is 19.7. The number of carbonyl (C=O) groups excluding carboxylic acids is 1. The fourth-order valence-corrected chi connectivity index (χ4v) is 3.08. The summed E-state index contributed by atoms with van der Waals surface area (Å²) in [6.45, 7) is 1.69. The van der Waals surface area contributed by atoms with Crippen molar-refractivity contribution < 1.29 is 13.9 Å². The van der Waals surface area contributed by atoms with E-state index in [1.807, 2.05) is 48.5 Å². The van der Waals surface area contributed by atoms with Crippen molar-refractivity contribution in [2.45, 2.75) is 12.8 Å². The predicted octanol–water partition coefficient (Wildman–Crippen LogP) is 5.01.